The number of rotatable bonds is 4. The zero-order valence-corrected chi connectivity index (χ0v) is 10.1. The molecule has 4 nitrogen and oxygen atoms in total. The SMILES string of the molecule is CN(C)CC(=O)NCC1(C)CCNCC1. The first kappa shape index (κ1) is 12.5. The van der Waals surface area contributed by atoms with E-state index in [-0.39, 0.29) is 11.3 Å². The van der Waals surface area contributed by atoms with Gasteiger partial charge in [0.1, 0.15) is 0 Å². The van der Waals surface area contributed by atoms with Crippen molar-refractivity contribution in [1.82, 2.24) is 15.5 Å². The smallest absolute Gasteiger partial charge is 0.234 e. The molecule has 0 radical (unpaired) electrons. The molecular weight excluding hydrogens is 190 g/mol. The van der Waals surface area contributed by atoms with Gasteiger partial charge in [0.25, 0.3) is 0 Å². The van der Waals surface area contributed by atoms with E-state index in [0.717, 1.165) is 32.5 Å². The van der Waals surface area contributed by atoms with E-state index in [1.807, 2.05) is 19.0 Å². The fourth-order valence-corrected chi connectivity index (χ4v) is 1.86. The molecule has 88 valence electrons. The van der Waals surface area contributed by atoms with Gasteiger partial charge in [0.15, 0.2) is 0 Å². The molecular formula is C11H23N3O. The Morgan fingerprint density at radius 1 is 1.40 bits per heavy atom. The van der Waals surface area contributed by atoms with Crippen molar-refractivity contribution in [3.63, 3.8) is 0 Å². The Labute approximate surface area is 92.4 Å². The summed E-state index contributed by atoms with van der Waals surface area (Å²) >= 11 is 0. The predicted octanol–water partition coefficient (Wildman–Crippen LogP) is 0.0539. The van der Waals surface area contributed by atoms with Gasteiger partial charge < -0.3 is 15.5 Å². The van der Waals surface area contributed by atoms with E-state index in [0.29, 0.717) is 6.54 Å². The van der Waals surface area contributed by atoms with Crippen LogP contribution in [0.4, 0.5) is 0 Å². The van der Waals surface area contributed by atoms with Crippen molar-refractivity contribution >= 4 is 5.91 Å². The van der Waals surface area contributed by atoms with Crippen LogP contribution < -0.4 is 10.6 Å². The first-order valence-corrected chi connectivity index (χ1v) is 5.64. The van der Waals surface area contributed by atoms with E-state index in [9.17, 15) is 4.79 Å². The Bertz CT molecular complexity index is 210. The number of likely N-dealkylation sites (N-methyl/N-ethyl adjacent to an activating group) is 1. The van der Waals surface area contributed by atoms with Crippen LogP contribution in [-0.2, 0) is 4.79 Å². The lowest BCUT2D eigenvalue weighted by molar-refractivity contribution is -0.122. The fraction of sp³-hybridized carbons (Fsp3) is 0.909. The molecule has 0 aromatic rings. The van der Waals surface area contributed by atoms with Crippen LogP contribution in [0.15, 0.2) is 0 Å². The Kier molecular flexibility index (Phi) is 4.54. The van der Waals surface area contributed by atoms with Gasteiger partial charge in [-0.15, -0.1) is 0 Å². The van der Waals surface area contributed by atoms with Crippen LogP contribution in [-0.4, -0.2) is 51.1 Å². The Hall–Kier alpha value is -0.610. The maximum absolute atomic E-state index is 11.5. The molecule has 1 saturated heterocycles. The second kappa shape index (κ2) is 5.47. The molecule has 1 aliphatic rings. The lowest BCUT2D eigenvalue weighted by Gasteiger charge is -2.34. The maximum atomic E-state index is 11.5. The molecule has 1 amide bonds. The molecule has 4 heteroatoms. The number of hydrogen-bond donors (Lipinski definition) is 2. The van der Waals surface area contributed by atoms with Crippen LogP contribution in [0.1, 0.15) is 19.8 Å². The maximum Gasteiger partial charge on any atom is 0.234 e. The summed E-state index contributed by atoms with van der Waals surface area (Å²) in [7, 11) is 3.82. The summed E-state index contributed by atoms with van der Waals surface area (Å²) in [6.45, 7) is 5.68. The number of carbonyl (C=O) groups is 1. The Balaban J connectivity index is 2.25. The second-order valence-electron chi connectivity index (χ2n) is 5.08. The largest absolute Gasteiger partial charge is 0.354 e. The van der Waals surface area contributed by atoms with Crippen LogP contribution in [0, 0.1) is 5.41 Å². The Morgan fingerprint density at radius 2 is 2.00 bits per heavy atom. The molecule has 0 aromatic carbocycles. The summed E-state index contributed by atoms with van der Waals surface area (Å²) in [6.07, 6.45) is 2.30. The highest BCUT2D eigenvalue weighted by molar-refractivity contribution is 5.77. The normalized spacial score (nSPS) is 20.3. The topological polar surface area (TPSA) is 44.4 Å². The molecule has 0 saturated carbocycles. The van der Waals surface area contributed by atoms with Gasteiger partial charge in [-0.25, -0.2) is 0 Å². The average molecular weight is 213 g/mol. The number of amides is 1. The van der Waals surface area contributed by atoms with Gasteiger partial charge in [-0.1, -0.05) is 6.92 Å². The van der Waals surface area contributed by atoms with Gasteiger partial charge in [-0.2, -0.15) is 0 Å². The van der Waals surface area contributed by atoms with Crippen LogP contribution in [0.2, 0.25) is 0 Å². The minimum absolute atomic E-state index is 0.125. The highest BCUT2D eigenvalue weighted by Crippen LogP contribution is 2.26. The van der Waals surface area contributed by atoms with E-state index in [4.69, 9.17) is 0 Å². The summed E-state index contributed by atoms with van der Waals surface area (Å²) in [4.78, 5) is 13.4. The zero-order chi connectivity index (χ0) is 11.3. The molecule has 15 heavy (non-hydrogen) atoms. The van der Waals surface area contributed by atoms with Gasteiger partial charge in [0.05, 0.1) is 6.54 Å². The summed E-state index contributed by atoms with van der Waals surface area (Å²) in [6, 6.07) is 0. The molecule has 1 fully saturated rings. The van der Waals surface area contributed by atoms with Crippen LogP contribution >= 0.6 is 0 Å². The molecule has 0 aliphatic carbocycles. The minimum atomic E-state index is 0.125. The molecule has 1 rings (SSSR count). The van der Waals surface area contributed by atoms with Crippen molar-refractivity contribution in [1.29, 1.82) is 0 Å². The third-order valence-electron chi connectivity index (χ3n) is 2.98. The number of nitrogens with zero attached hydrogens (tertiary/aromatic N) is 1. The molecule has 0 bridgehead atoms. The quantitative estimate of drug-likeness (QED) is 0.694. The molecule has 1 aliphatic heterocycles. The van der Waals surface area contributed by atoms with Crippen molar-refractivity contribution < 1.29 is 4.79 Å². The van der Waals surface area contributed by atoms with Crippen molar-refractivity contribution in [2.24, 2.45) is 5.41 Å². The Morgan fingerprint density at radius 3 is 2.53 bits per heavy atom. The van der Waals surface area contributed by atoms with Gasteiger partial charge in [-0.3, -0.25) is 4.79 Å². The predicted molar refractivity (Wildman–Crippen MR) is 61.8 cm³/mol. The van der Waals surface area contributed by atoms with Crippen molar-refractivity contribution in [2.45, 2.75) is 19.8 Å². The third kappa shape index (κ3) is 4.62. The van der Waals surface area contributed by atoms with Gasteiger partial charge in [0.2, 0.25) is 5.91 Å². The fourth-order valence-electron chi connectivity index (χ4n) is 1.86. The first-order chi connectivity index (χ1) is 7.02. The number of piperidine rings is 1. The first-order valence-electron chi connectivity index (χ1n) is 5.64. The molecule has 0 unspecified atom stereocenters. The van der Waals surface area contributed by atoms with E-state index < -0.39 is 0 Å². The minimum Gasteiger partial charge on any atom is -0.354 e. The van der Waals surface area contributed by atoms with Crippen molar-refractivity contribution in [3.05, 3.63) is 0 Å². The van der Waals surface area contributed by atoms with E-state index in [1.165, 1.54) is 0 Å². The average Bonchev–Trinajstić information content (AvgIpc) is 2.15. The van der Waals surface area contributed by atoms with Crippen LogP contribution in [0.25, 0.3) is 0 Å². The molecule has 1 heterocycles. The van der Waals surface area contributed by atoms with E-state index in [1.54, 1.807) is 0 Å². The summed E-state index contributed by atoms with van der Waals surface area (Å²) in [5.41, 5.74) is 0.285. The lowest BCUT2D eigenvalue weighted by Crippen LogP contribution is -2.44. The lowest BCUT2D eigenvalue weighted by atomic mass is 9.81. The molecule has 0 atom stereocenters. The standard InChI is InChI=1S/C11H23N3O/c1-11(4-6-12-7-5-11)9-13-10(15)8-14(2)3/h12H,4-9H2,1-3H3,(H,13,15). The third-order valence-corrected chi connectivity index (χ3v) is 2.98. The van der Waals surface area contributed by atoms with E-state index in [2.05, 4.69) is 17.6 Å². The number of nitrogens with one attached hydrogen (secondary N) is 2. The summed E-state index contributed by atoms with van der Waals surface area (Å²) < 4.78 is 0. The highest BCUT2D eigenvalue weighted by Gasteiger charge is 2.26. The van der Waals surface area contributed by atoms with E-state index >= 15 is 0 Å². The zero-order valence-electron chi connectivity index (χ0n) is 10.1. The van der Waals surface area contributed by atoms with Gasteiger partial charge in [0, 0.05) is 6.54 Å². The van der Waals surface area contributed by atoms with Gasteiger partial charge in [-0.05, 0) is 45.4 Å². The molecule has 2 N–H and O–H groups in total. The number of hydrogen-bond acceptors (Lipinski definition) is 3. The highest BCUT2D eigenvalue weighted by atomic mass is 16.2. The van der Waals surface area contributed by atoms with Crippen LogP contribution in [0.5, 0.6) is 0 Å². The van der Waals surface area contributed by atoms with Gasteiger partial charge >= 0.3 is 0 Å². The van der Waals surface area contributed by atoms with Crippen molar-refractivity contribution in [2.75, 3.05) is 40.3 Å². The van der Waals surface area contributed by atoms with Crippen LogP contribution in [0.3, 0.4) is 0 Å². The monoisotopic (exact) mass is 213 g/mol. The van der Waals surface area contributed by atoms with Crippen molar-refractivity contribution in [3.8, 4) is 0 Å². The molecule has 0 spiro atoms. The number of carbonyl (C=O) groups excluding carboxylic acids is 1. The second-order valence-corrected chi connectivity index (χ2v) is 5.08. The molecule has 0 aromatic heterocycles. The summed E-state index contributed by atoms with van der Waals surface area (Å²) in [5, 5.41) is 6.35. The summed E-state index contributed by atoms with van der Waals surface area (Å²) in [5.74, 6) is 0.125.